The fraction of sp³-hybridized carbons (Fsp3) is 0.574. The van der Waals surface area contributed by atoms with Gasteiger partial charge in [0.15, 0.2) is 0 Å². The van der Waals surface area contributed by atoms with E-state index < -0.39 is 5.41 Å². The predicted molar refractivity (Wildman–Crippen MR) is 216 cm³/mol. The van der Waals surface area contributed by atoms with Crippen molar-refractivity contribution in [3.05, 3.63) is 90.0 Å². The summed E-state index contributed by atoms with van der Waals surface area (Å²) in [6.45, 7) is 16.8. The molecule has 5 nitrogen and oxygen atoms in total. The van der Waals surface area contributed by atoms with Crippen LogP contribution in [0.2, 0.25) is 0 Å². The van der Waals surface area contributed by atoms with Crippen molar-refractivity contribution in [1.82, 2.24) is 0 Å². The van der Waals surface area contributed by atoms with Crippen LogP contribution in [0.15, 0.2) is 78.9 Å². The third kappa shape index (κ3) is 16.4. The van der Waals surface area contributed by atoms with Crippen LogP contribution in [0, 0.1) is 16.7 Å². The first-order valence-electron chi connectivity index (χ1n) is 20.1. The van der Waals surface area contributed by atoms with E-state index in [2.05, 4.69) is 77.1 Å². The smallest absolute Gasteiger partial charge is 0.338 e. The van der Waals surface area contributed by atoms with E-state index in [-0.39, 0.29) is 17.4 Å². The van der Waals surface area contributed by atoms with Gasteiger partial charge in [-0.2, -0.15) is 0 Å². The average Bonchev–Trinajstić information content (AvgIpc) is 3.13. The number of hydrogen-bond acceptors (Lipinski definition) is 5. The standard InChI is InChI=1S/C47H68O5/c1-8-37(2)36-52-44(48)41-26-24-39(25-27-41)40-28-30-43(31-29-40)50-32-20-15-13-11-9-10-12-14-16-21-33-51-45(49)47(6,7)35-42(34-46(3,4)5)38-22-18-17-19-23-38/h17-19,22-31,37,42H,8-16,20-21,32-36H2,1-7H3. The van der Waals surface area contributed by atoms with E-state index in [1.807, 2.05) is 50.2 Å². The third-order valence-electron chi connectivity index (χ3n) is 9.98. The van der Waals surface area contributed by atoms with Crippen molar-refractivity contribution in [2.24, 2.45) is 16.7 Å². The molecule has 5 heteroatoms. The van der Waals surface area contributed by atoms with Gasteiger partial charge < -0.3 is 14.2 Å². The zero-order valence-electron chi connectivity index (χ0n) is 33.5. The van der Waals surface area contributed by atoms with E-state index in [9.17, 15) is 9.59 Å². The third-order valence-corrected chi connectivity index (χ3v) is 9.98. The highest BCUT2D eigenvalue weighted by atomic mass is 16.5. The molecule has 3 aromatic carbocycles. The van der Waals surface area contributed by atoms with E-state index in [1.54, 1.807) is 0 Å². The van der Waals surface area contributed by atoms with Crippen LogP contribution in [0.5, 0.6) is 5.75 Å². The summed E-state index contributed by atoms with van der Waals surface area (Å²) in [5.74, 6) is 1.26. The number of carbonyl (C=O) groups excluding carboxylic acids is 2. The number of carbonyl (C=O) groups is 2. The Morgan fingerprint density at radius 2 is 1.13 bits per heavy atom. The maximum absolute atomic E-state index is 13.0. The van der Waals surface area contributed by atoms with E-state index in [1.165, 1.54) is 50.5 Å². The second-order valence-electron chi connectivity index (χ2n) is 16.7. The number of benzene rings is 3. The van der Waals surface area contributed by atoms with Gasteiger partial charge in [-0.25, -0.2) is 4.79 Å². The summed E-state index contributed by atoms with van der Waals surface area (Å²) in [5.41, 5.74) is 3.73. The van der Waals surface area contributed by atoms with E-state index in [4.69, 9.17) is 14.2 Å². The van der Waals surface area contributed by atoms with Gasteiger partial charge >= 0.3 is 11.9 Å². The maximum Gasteiger partial charge on any atom is 0.338 e. The van der Waals surface area contributed by atoms with Gasteiger partial charge in [-0.3, -0.25) is 4.79 Å². The fourth-order valence-corrected chi connectivity index (χ4v) is 6.60. The molecule has 2 atom stereocenters. The topological polar surface area (TPSA) is 61.8 Å². The first-order chi connectivity index (χ1) is 24.9. The van der Waals surface area contributed by atoms with Crippen LogP contribution in [0.25, 0.3) is 11.1 Å². The Morgan fingerprint density at radius 3 is 1.67 bits per heavy atom. The highest BCUT2D eigenvalue weighted by molar-refractivity contribution is 5.90. The van der Waals surface area contributed by atoms with E-state index >= 15 is 0 Å². The monoisotopic (exact) mass is 713 g/mol. The fourth-order valence-electron chi connectivity index (χ4n) is 6.60. The van der Waals surface area contributed by atoms with Crippen LogP contribution < -0.4 is 4.74 Å². The lowest BCUT2D eigenvalue weighted by atomic mass is 9.73. The van der Waals surface area contributed by atoms with Crippen molar-refractivity contribution in [3.8, 4) is 16.9 Å². The normalized spacial score (nSPS) is 13.0. The molecule has 3 rings (SSSR count). The second-order valence-corrected chi connectivity index (χ2v) is 16.7. The van der Waals surface area contributed by atoms with Crippen molar-refractivity contribution in [2.75, 3.05) is 19.8 Å². The molecule has 0 saturated heterocycles. The minimum atomic E-state index is -0.508. The van der Waals surface area contributed by atoms with Crippen LogP contribution >= 0.6 is 0 Å². The molecule has 0 saturated carbocycles. The van der Waals surface area contributed by atoms with Crippen LogP contribution in [0.1, 0.15) is 154 Å². The molecule has 0 amide bonds. The van der Waals surface area contributed by atoms with Gasteiger partial charge in [-0.1, -0.05) is 147 Å². The Labute approximate surface area is 316 Å². The van der Waals surface area contributed by atoms with E-state index in [0.717, 1.165) is 62.0 Å². The van der Waals surface area contributed by atoms with Crippen molar-refractivity contribution in [3.63, 3.8) is 0 Å². The van der Waals surface area contributed by atoms with Gasteiger partial charge in [-0.05, 0) is 97.7 Å². The maximum atomic E-state index is 13.0. The number of esters is 2. The zero-order chi connectivity index (χ0) is 37.8. The first kappa shape index (κ1) is 42.8. The molecule has 286 valence electrons. The number of rotatable bonds is 24. The van der Waals surface area contributed by atoms with Crippen molar-refractivity contribution >= 4 is 11.9 Å². The second kappa shape index (κ2) is 22.5. The minimum Gasteiger partial charge on any atom is -0.494 e. The molecular formula is C47H68O5. The molecule has 3 aromatic rings. The van der Waals surface area contributed by atoms with Crippen molar-refractivity contribution in [1.29, 1.82) is 0 Å². The van der Waals surface area contributed by atoms with Gasteiger partial charge in [0.2, 0.25) is 0 Å². The Bertz CT molecular complexity index is 1420. The molecule has 0 N–H and O–H groups in total. The molecule has 0 aromatic heterocycles. The van der Waals surface area contributed by atoms with Crippen LogP contribution in [-0.4, -0.2) is 31.8 Å². The minimum absolute atomic E-state index is 0.0675. The molecule has 0 radical (unpaired) electrons. The quantitative estimate of drug-likeness (QED) is 0.0683. The van der Waals surface area contributed by atoms with E-state index in [0.29, 0.717) is 30.6 Å². The summed E-state index contributed by atoms with van der Waals surface area (Å²) in [6.07, 6.45) is 14.7. The number of ether oxygens (including phenoxy) is 3. The lowest BCUT2D eigenvalue weighted by Gasteiger charge is -2.32. The van der Waals surface area contributed by atoms with Gasteiger partial charge in [-0.15, -0.1) is 0 Å². The number of unbranched alkanes of at least 4 members (excludes halogenated alkanes) is 9. The highest BCUT2D eigenvalue weighted by Gasteiger charge is 2.34. The van der Waals surface area contributed by atoms with Crippen LogP contribution in [0.3, 0.4) is 0 Å². The largest absolute Gasteiger partial charge is 0.494 e. The van der Waals surface area contributed by atoms with Gasteiger partial charge in [0.1, 0.15) is 5.75 Å². The molecule has 0 spiro atoms. The molecule has 0 aliphatic heterocycles. The lowest BCUT2D eigenvalue weighted by Crippen LogP contribution is -2.30. The summed E-state index contributed by atoms with van der Waals surface area (Å²) < 4.78 is 17.2. The van der Waals surface area contributed by atoms with Gasteiger partial charge in [0.05, 0.1) is 30.8 Å². The molecule has 0 aliphatic rings. The SMILES string of the molecule is CCC(C)COC(=O)c1ccc(-c2ccc(OCCCCCCCCCCCCOC(=O)C(C)(C)CC(CC(C)(C)C)c3ccccc3)cc2)cc1. The molecule has 0 heterocycles. The lowest BCUT2D eigenvalue weighted by molar-refractivity contribution is -0.154. The van der Waals surface area contributed by atoms with Gasteiger partial charge in [0, 0.05) is 0 Å². The summed E-state index contributed by atoms with van der Waals surface area (Å²) in [7, 11) is 0. The predicted octanol–water partition coefficient (Wildman–Crippen LogP) is 13.0. The first-order valence-corrected chi connectivity index (χ1v) is 20.1. The zero-order valence-corrected chi connectivity index (χ0v) is 33.5. The summed E-state index contributed by atoms with van der Waals surface area (Å²) in [6, 6.07) is 26.4. The average molecular weight is 713 g/mol. The summed E-state index contributed by atoms with van der Waals surface area (Å²) in [5, 5.41) is 0. The van der Waals surface area contributed by atoms with Crippen LogP contribution in [-0.2, 0) is 14.3 Å². The number of hydrogen-bond donors (Lipinski definition) is 0. The Kier molecular flexibility index (Phi) is 18.5. The molecule has 0 bridgehead atoms. The molecular weight excluding hydrogens is 645 g/mol. The summed E-state index contributed by atoms with van der Waals surface area (Å²) >= 11 is 0. The Hall–Kier alpha value is -3.60. The highest BCUT2D eigenvalue weighted by Crippen LogP contribution is 2.40. The van der Waals surface area contributed by atoms with Gasteiger partial charge in [0.25, 0.3) is 0 Å². The molecule has 0 fully saturated rings. The Morgan fingerprint density at radius 1 is 0.615 bits per heavy atom. The van der Waals surface area contributed by atoms with Crippen molar-refractivity contribution < 1.29 is 23.8 Å². The molecule has 0 aliphatic carbocycles. The Balaban J connectivity index is 1.19. The summed E-state index contributed by atoms with van der Waals surface area (Å²) in [4.78, 5) is 25.3. The molecule has 2 unspecified atom stereocenters. The molecule has 52 heavy (non-hydrogen) atoms. The van der Waals surface area contributed by atoms with Crippen molar-refractivity contribution in [2.45, 2.75) is 138 Å². The van der Waals surface area contributed by atoms with Crippen LogP contribution in [0.4, 0.5) is 0 Å².